The molecule has 4 aromatic heterocycles. The smallest absolute Gasteiger partial charge is 0.332 e. The van der Waals surface area contributed by atoms with Crippen LogP contribution in [-0.4, -0.2) is 102 Å². The van der Waals surface area contributed by atoms with Gasteiger partial charge in [-0.25, -0.2) is 4.98 Å². The number of carbonyl (C=O) groups excluding carboxylic acids is 5. The number of aryl methyl sites for hydroxylation is 4. The van der Waals surface area contributed by atoms with Crippen molar-refractivity contribution in [2.24, 2.45) is 26.1 Å². The van der Waals surface area contributed by atoms with Crippen molar-refractivity contribution in [3.63, 3.8) is 0 Å². The molecular weight excluding hydrogens is 894 g/mol. The van der Waals surface area contributed by atoms with Gasteiger partial charge in [-0.05, 0) is 72.5 Å². The first-order chi connectivity index (χ1) is 32.6. The second-order valence-corrected chi connectivity index (χ2v) is 18.4. The molecule has 19 nitrogen and oxygen atoms in total. The first-order valence-corrected chi connectivity index (χ1v) is 23.4. The molecule has 2 aromatic carbocycles. The van der Waals surface area contributed by atoms with Crippen LogP contribution in [0.5, 0.6) is 5.75 Å². The Balaban J connectivity index is 0.825. The number of carbonyl (C=O) groups is 5. The molecule has 2 atom stereocenters. The SMILES string of the molecule is COCCOP(=O)(O)Cc1ccc2c(ccn2C(=O)c2cc(NC(=O)c3cc(CC(=O)c4nc(NC(=O)CCCOc5cc6c(cc5C)C(=O)N5C=CC=C[C@H]5C=N6)cn4C)cn3C)cn2C)c1. The van der Waals surface area contributed by atoms with Gasteiger partial charge in [0.1, 0.15) is 17.1 Å². The van der Waals surface area contributed by atoms with Crippen LogP contribution in [0.2, 0.25) is 0 Å². The van der Waals surface area contributed by atoms with E-state index < -0.39 is 13.5 Å². The summed E-state index contributed by atoms with van der Waals surface area (Å²) >= 11 is 0. The van der Waals surface area contributed by atoms with Crippen LogP contribution in [0.3, 0.4) is 0 Å². The Bertz CT molecular complexity index is 3120. The fraction of sp³-hybridized carbons (Fsp3) is 0.271. The molecule has 0 aliphatic carbocycles. The lowest BCUT2D eigenvalue weighted by Crippen LogP contribution is -2.36. The summed E-state index contributed by atoms with van der Waals surface area (Å²) in [6.07, 6.45) is 15.7. The highest BCUT2D eigenvalue weighted by Crippen LogP contribution is 2.46. The molecule has 2 aliphatic rings. The van der Waals surface area contributed by atoms with E-state index in [4.69, 9.17) is 14.0 Å². The minimum Gasteiger partial charge on any atom is -0.493 e. The van der Waals surface area contributed by atoms with Crippen molar-refractivity contribution in [3.05, 3.63) is 137 Å². The third kappa shape index (κ3) is 10.4. The summed E-state index contributed by atoms with van der Waals surface area (Å²) in [5, 5.41) is 6.28. The Hall–Kier alpha value is -7.44. The quantitative estimate of drug-likeness (QED) is 0.0481. The number of imidazole rings is 1. The second-order valence-electron chi connectivity index (χ2n) is 16.5. The van der Waals surface area contributed by atoms with Gasteiger partial charge in [-0.2, -0.15) is 0 Å². The van der Waals surface area contributed by atoms with Gasteiger partial charge < -0.3 is 48.1 Å². The topological polar surface area (TPSA) is 223 Å². The van der Waals surface area contributed by atoms with E-state index in [0.717, 1.165) is 5.56 Å². The van der Waals surface area contributed by atoms with Crippen molar-refractivity contribution in [3.8, 4) is 5.75 Å². The molecule has 3 amide bonds. The minimum atomic E-state index is -3.90. The Morgan fingerprint density at radius 2 is 1.69 bits per heavy atom. The van der Waals surface area contributed by atoms with Crippen molar-refractivity contribution in [1.82, 2.24) is 28.2 Å². The molecule has 6 aromatic rings. The highest BCUT2D eigenvalue weighted by Gasteiger charge is 2.28. The summed E-state index contributed by atoms with van der Waals surface area (Å²) in [5.41, 5.74) is 4.44. The molecule has 0 radical (unpaired) electrons. The monoisotopic (exact) mass is 943 g/mol. The Kier molecular flexibility index (Phi) is 13.7. The molecule has 0 spiro atoms. The van der Waals surface area contributed by atoms with Crippen LogP contribution in [0.4, 0.5) is 17.2 Å². The van der Waals surface area contributed by atoms with Crippen LogP contribution < -0.4 is 15.4 Å². The molecule has 3 N–H and O–H groups in total. The number of nitrogens with zero attached hydrogens (tertiary/aromatic N) is 7. The molecule has 8 rings (SSSR count). The van der Waals surface area contributed by atoms with Gasteiger partial charge in [0.25, 0.3) is 17.7 Å². The average molecular weight is 944 g/mol. The molecule has 0 fully saturated rings. The molecule has 352 valence electrons. The average Bonchev–Trinajstić information content (AvgIpc) is 4.07. The molecule has 6 heterocycles. The van der Waals surface area contributed by atoms with Crippen LogP contribution in [0, 0.1) is 6.92 Å². The number of rotatable bonds is 18. The zero-order chi connectivity index (χ0) is 48.3. The Morgan fingerprint density at radius 1 is 0.882 bits per heavy atom. The molecular formula is C48H50N9O10P. The summed E-state index contributed by atoms with van der Waals surface area (Å²) in [6.45, 7) is 2.27. The third-order valence-corrected chi connectivity index (χ3v) is 12.7. The number of hydrogen-bond acceptors (Lipinski definition) is 11. The molecule has 68 heavy (non-hydrogen) atoms. The second kappa shape index (κ2) is 19.8. The van der Waals surface area contributed by atoms with E-state index in [-0.39, 0.29) is 85.7 Å². The van der Waals surface area contributed by atoms with Crippen LogP contribution in [0.1, 0.15) is 71.5 Å². The fourth-order valence-corrected chi connectivity index (χ4v) is 9.15. The lowest BCUT2D eigenvalue weighted by molar-refractivity contribution is -0.116. The van der Waals surface area contributed by atoms with E-state index in [0.29, 0.717) is 56.8 Å². The lowest BCUT2D eigenvalue weighted by Gasteiger charge is -2.24. The predicted octanol–water partition coefficient (Wildman–Crippen LogP) is 6.48. The van der Waals surface area contributed by atoms with Crippen LogP contribution in [-0.2, 0) is 52.3 Å². The number of fused-ring (bicyclic) bond motifs is 3. The molecule has 0 saturated heterocycles. The zero-order valence-corrected chi connectivity index (χ0v) is 38.9. The number of amides is 3. The van der Waals surface area contributed by atoms with Gasteiger partial charge in [-0.15, -0.1) is 0 Å². The number of nitrogens with one attached hydrogen (secondary N) is 2. The normalized spacial score (nSPS) is 14.9. The third-order valence-electron chi connectivity index (χ3n) is 11.4. The number of benzene rings is 2. The number of allylic oxidation sites excluding steroid dienone is 2. The predicted molar refractivity (Wildman–Crippen MR) is 254 cm³/mol. The largest absolute Gasteiger partial charge is 0.493 e. The van der Waals surface area contributed by atoms with Gasteiger partial charge in [0.15, 0.2) is 11.6 Å². The minimum absolute atomic E-state index is 0.0120. The maximum Gasteiger partial charge on any atom is 0.332 e. The van der Waals surface area contributed by atoms with Gasteiger partial charge in [0, 0.05) is 89.7 Å². The van der Waals surface area contributed by atoms with Crippen molar-refractivity contribution < 1.29 is 47.4 Å². The van der Waals surface area contributed by atoms with Crippen molar-refractivity contribution in [2.75, 3.05) is 37.6 Å². The van der Waals surface area contributed by atoms with E-state index >= 15 is 0 Å². The van der Waals surface area contributed by atoms with E-state index in [1.807, 2.05) is 19.1 Å². The van der Waals surface area contributed by atoms with E-state index in [1.165, 1.54) is 16.2 Å². The number of ether oxygens (including phenoxy) is 2. The van der Waals surface area contributed by atoms with Crippen LogP contribution in [0.15, 0.2) is 103 Å². The highest BCUT2D eigenvalue weighted by molar-refractivity contribution is 7.51. The van der Waals surface area contributed by atoms with Crippen LogP contribution >= 0.6 is 7.60 Å². The first-order valence-electron chi connectivity index (χ1n) is 21.7. The molecule has 20 heteroatoms. The number of methoxy groups -OCH3 is 1. The van der Waals surface area contributed by atoms with Crippen LogP contribution in [0.25, 0.3) is 10.9 Å². The summed E-state index contributed by atoms with van der Waals surface area (Å²) in [5.74, 6) is -0.689. The molecule has 0 saturated carbocycles. The Labute approximate surface area is 390 Å². The lowest BCUT2D eigenvalue weighted by atomic mass is 10.1. The standard InChI is InChI=1S/C48H50N9O10P/c1-30-19-36-37(49-25-35-9-6-7-14-56(35)47(36)61)24-42(30)66-16-8-10-44(59)51-43-28-55(4)45(52-43)41(58)22-32-21-39(53(2)26-32)46(60)50-34-23-40(54(3)27-34)48(62)57-15-13-33-20-31(11-12-38(33)57)29-68(63,64)67-18-17-65-5/h6-7,9,11-15,19-21,23-28,35H,8,10,16-18,22,29H2,1-5H3,(H,50,60)(H,51,59)(H,63,64)/t35-/m0/s1. The fourth-order valence-electron chi connectivity index (χ4n) is 8.04. The van der Waals surface area contributed by atoms with Gasteiger partial charge in [0.05, 0.1) is 54.5 Å². The molecule has 2 aliphatic heterocycles. The number of Topliss-reactive ketones (excluding diaryl/α,β-unsaturated/α-hetero) is 1. The summed E-state index contributed by atoms with van der Waals surface area (Å²) < 4.78 is 34.7. The summed E-state index contributed by atoms with van der Waals surface area (Å²) in [6, 6.07) is 13.3. The number of hydrogen-bond donors (Lipinski definition) is 3. The number of aliphatic imine (C=N–C) groups is 1. The van der Waals surface area contributed by atoms with Crippen molar-refractivity contribution in [1.29, 1.82) is 0 Å². The maximum absolute atomic E-state index is 13.7. The van der Waals surface area contributed by atoms with Gasteiger partial charge >= 0.3 is 7.60 Å². The zero-order valence-electron chi connectivity index (χ0n) is 38.0. The molecule has 1 unspecified atom stereocenters. The number of anilines is 2. The number of ketones is 1. The first kappa shape index (κ1) is 47.1. The van der Waals surface area contributed by atoms with Crippen molar-refractivity contribution in [2.45, 2.75) is 38.4 Å². The summed E-state index contributed by atoms with van der Waals surface area (Å²) in [4.78, 5) is 87.5. The van der Waals surface area contributed by atoms with E-state index in [9.17, 15) is 33.4 Å². The number of aromatic nitrogens is 5. The van der Waals surface area contributed by atoms with E-state index in [2.05, 4.69) is 20.6 Å². The summed E-state index contributed by atoms with van der Waals surface area (Å²) in [7, 11) is 2.60. The maximum atomic E-state index is 13.7. The highest BCUT2D eigenvalue weighted by atomic mass is 31.2. The van der Waals surface area contributed by atoms with Gasteiger partial charge in [-0.3, -0.25) is 38.1 Å². The van der Waals surface area contributed by atoms with Gasteiger partial charge in [0.2, 0.25) is 11.7 Å². The van der Waals surface area contributed by atoms with Crippen molar-refractivity contribution >= 4 is 71.3 Å². The van der Waals surface area contributed by atoms with Gasteiger partial charge in [-0.1, -0.05) is 18.2 Å². The Morgan fingerprint density at radius 3 is 2.50 bits per heavy atom. The van der Waals surface area contributed by atoms with E-state index in [1.54, 1.807) is 127 Å². The molecule has 0 bridgehead atoms.